The Morgan fingerprint density at radius 1 is 1.25 bits per heavy atom. The molecule has 0 fully saturated rings. The second-order valence-corrected chi connectivity index (χ2v) is 5.66. The number of hydrogen-bond acceptors (Lipinski definition) is 7. The lowest BCUT2D eigenvalue weighted by atomic mass is 10.0. The molecule has 11 heteroatoms. The number of para-hydroxylation sites is 2. The fourth-order valence-corrected chi connectivity index (χ4v) is 2.50. The van der Waals surface area contributed by atoms with Crippen LogP contribution in [0, 0.1) is 10.1 Å². The van der Waals surface area contributed by atoms with Crippen LogP contribution in [0.1, 0.15) is 17.4 Å². The zero-order chi connectivity index (χ0) is 20.3. The van der Waals surface area contributed by atoms with Crippen LogP contribution in [-0.2, 0) is 0 Å². The third-order valence-electron chi connectivity index (χ3n) is 3.81. The van der Waals surface area contributed by atoms with E-state index >= 15 is 0 Å². The molecule has 142 valence electrons. The molecule has 0 spiro atoms. The predicted molar refractivity (Wildman–Crippen MR) is 99.7 cm³/mol. The molecule has 0 unspecified atom stereocenters. The van der Waals surface area contributed by atoms with Gasteiger partial charge in [-0.1, -0.05) is 12.1 Å². The number of aromatic amines is 1. The summed E-state index contributed by atoms with van der Waals surface area (Å²) in [5.41, 5.74) is 6.75. The van der Waals surface area contributed by atoms with E-state index in [4.69, 9.17) is 5.73 Å². The van der Waals surface area contributed by atoms with Crippen LogP contribution in [0.3, 0.4) is 0 Å². The Hall–Kier alpha value is -4.12. The van der Waals surface area contributed by atoms with E-state index in [1.54, 1.807) is 24.3 Å². The summed E-state index contributed by atoms with van der Waals surface area (Å²) in [5.74, 6) is 0. The molecular weight excluding hydrogens is 368 g/mol. The number of nitro benzene ring substituents is 1. The number of hydrogen-bond donors (Lipinski definition) is 4. The number of fused-ring (bicyclic) bond motifs is 1. The van der Waals surface area contributed by atoms with Gasteiger partial charge in [-0.3, -0.25) is 14.9 Å². The van der Waals surface area contributed by atoms with Gasteiger partial charge in [0.15, 0.2) is 5.69 Å². The van der Waals surface area contributed by atoms with Gasteiger partial charge in [0, 0.05) is 12.1 Å². The number of aromatic nitrogens is 2. The van der Waals surface area contributed by atoms with Gasteiger partial charge in [0.1, 0.15) is 11.8 Å². The van der Waals surface area contributed by atoms with Crippen molar-refractivity contribution in [1.29, 1.82) is 0 Å². The minimum Gasteiger partial charge on any atom is -0.382 e. The molecule has 3 rings (SSSR count). The van der Waals surface area contributed by atoms with E-state index in [-0.39, 0.29) is 22.7 Å². The van der Waals surface area contributed by atoms with Gasteiger partial charge in [-0.2, -0.15) is 5.10 Å². The van der Waals surface area contributed by atoms with E-state index in [1.165, 1.54) is 24.3 Å². The lowest BCUT2D eigenvalue weighted by Crippen LogP contribution is -2.31. The highest BCUT2D eigenvalue weighted by molar-refractivity contribution is 6.03. The van der Waals surface area contributed by atoms with E-state index < -0.39 is 22.6 Å². The van der Waals surface area contributed by atoms with E-state index in [0.717, 1.165) is 0 Å². The lowest BCUT2D eigenvalue weighted by Gasteiger charge is -2.14. The van der Waals surface area contributed by atoms with Gasteiger partial charge in [-0.05, 0) is 29.8 Å². The van der Waals surface area contributed by atoms with E-state index in [1.807, 2.05) is 5.43 Å². The molecule has 0 saturated carbocycles. The highest BCUT2D eigenvalue weighted by Crippen LogP contribution is 2.21. The van der Waals surface area contributed by atoms with Crippen LogP contribution in [-0.4, -0.2) is 31.7 Å². The number of aliphatic hydroxyl groups is 1. The quantitative estimate of drug-likeness (QED) is 0.290. The third kappa shape index (κ3) is 3.83. The highest BCUT2D eigenvalue weighted by atomic mass is 16.6. The molecule has 0 radical (unpaired) electrons. The van der Waals surface area contributed by atoms with Gasteiger partial charge < -0.3 is 15.8 Å². The van der Waals surface area contributed by atoms with Crippen molar-refractivity contribution in [2.24, 2.45) is 10.8 Å². The summed E-state index contributed by atoms with van der Waals surface area (Å²) in [7, 11) is 0. The average molecular weight is 382 g/mol. The van der Waals surface area contributed by atoms with Gasteiger partial charge in [0.25, 0.3) is 11.2 Å². The fraction of sp³-hybridized carbons (Fsp3) is 0.0588. The molecule has 28 heavy (non-hydrogen) atoms. The zero-order valence-corrected chi connectivity index (χ0v) is 14.2. The Labute approximate surface area is 156 Å². The summed E-state index contributed by atoms with van der Waals surface area (Å²) in [5, 5.41) is 25.2. The molecule has 1 heterocycles. The molecule has 5 N–H and O–H groups in total. The lowest BCUT2D eigenvalue weighted by molar-refractivity contribution is -0.384. The number of rotatable bonds is 5. The summed E-state index contributed by atoms with van der Waals surface area (Å²) < 4.78 is 0. The molecule has 0 aliphatic carbocycles. The largest absolute Gasteiger partial charge is 0.382 e. The first-order valence-electron chi connectivity index (χ1n) is 7.91. The maximum absolute atomic E-state index is 12.5. The van der Waals surface area contributed by atoms with Crippen LogP contribution >= 0.6 is 0 Å². The maximum atomic E-state index is 12.5. The van der Waals surface area contributed by atoms with Crippen LogP contribution in [0.15, 0.2) is 58.4 Å². The van der Waals surface area contributed by atoms with Crippen LogP contribution in [0.4, 0.5) is 10.5 Å². The summed E-state index contributed by atoms with van der Waals surface area (Å²) >= 11 is 0. The summed E-state index contributed by atoms with van der Waals surface area (Å²) in [4.78, 5) is 40.5. The molecule has 2 aromatic carbocycles. The second kappa shape index (κ2) is 7.63. The van der Waals surface area contributed by atoms with Gasteiger partial charge in [-0.15, -0.1) is 0 Å². The summed E-state index contributed by atoms with van der Waals surface area (Å²) in [6, 6.07) is 10.7. The molecule has 0 aliphatic rings. The Bertz CT molecular complexity index is 1140. The number of nitro groups is 1. The van der Waals surface area contributed by atoms with E-state index in [0.29, 0.717) is 11.0 Å². The van der Waals surface area contributed by atoms with Crippen LogP contribution < -0.4 is 16.7 Å². The number of aliphatic hydroxyl groups excluding tert-OH is 1. The zero-order valence-electron chi connectivity index (χ0n) is 14.2. The number of amides is 2. The number of carbonyl (C=O) groups excluding carboxylic acids is 1. The van der Waals surface area contributed by atoms with Crippen molar-refractivity contribution >= 4 is 28.5 Å². The van der Waals surface area contributed by atoms with E-state index in [9.17, 15) is 24.8 Å². The predicted octanol–water partition coefficient (Wildman–Crippen LogP) is 0.937. The number of nitrogens with one attached hydrogen (secondary N) is 2. The van der Waals surface area contributed by atoms with Crippen LogP contribution in [0.2, 0.25) is 0 Å². The molecule has 0 bridgehead atoms. The SMILES string of the molecule is NC(=O)N/N=C(\c1nc2ccccc2[nH]c1=O)[C@H](O)c1ccc([N+](=O)[O-])cc1. The minimum atomic E-state index is -1.51. The molecule has 0 aliphatic heterocycles. The molecule has 1 aromatic heterocycles. The van der Waals surface area contributed by atoms with Crippen LogP contribution in [0.25, 0.3) is 11.0 Å². The smallest absolute Gasteiger partial charge is 0.332 e. The van der Waals surface area contributed by atoms with Crippen molar-refractivity contribution in [1.82, 2.24) is 15.4 Å². The van der Waals surface area contributed by atoms with Crippen molar-refractivity contribution < 1.29 is 14.8 Å². The number of non-ortho nitro benzene ring substituents is 1. The number of hydrazone groups is 1. The van der Waals surface area contributed by atoms with Crippen molar-refractivity contribution in [3.63, 3.8) is 0 Å². The average Bonchev–Trinajstić information content (AvgIpc) is 2.68. The van der Waals surface area contributed by atoms with Gasteiger partial charge >= 0.3 is 6.03 Å². The number of urea groups is 1. The first-order valence-corrected chi connectivity index (χ1v) is 7.91. The standard InChI is InChI=1S/C17H14N6O5/c18-17(26)22-21-13(15(24)9-5-7-10(8-6-9)23(27)28)14-16(25)20-12-4-2-1-3-11(12)19-14/h1-8,15,24H,(H,20,25)(H3,18,22,26)/b21-13+/t15-/m1/s1. The van der Waals surface area contributed by atoms with Gasteiger partial charge in [0.2, 0.25) is 0 Å². The molecule has 11 nitrogen and oxygen atoms in total. The highest BCUT2D eigenvalue weighted by Gasteiger charge is 2.23. The Balaban J connectivity index is 2.10. The minimum absolute atomic E-state index is 0.175. The maximum Gasteiger partial charge on any atom is 0.332 e. The Morgan fingerprint density at radius 2 is 1.93 bits per heavy atom. The number of primary amides is 1. The first kappa shape index (κ1) is 18.7. The van der Waals surface area contributed by atoms with Gasteiger partial charge in [-0.25, -0.2) is 15.2 Å². The van der Waals surface area contributed by atoms with Crippen LogP contribution in [0.5, 0.6) is 0 Å². The molecule has 1 atom stereocenters. The summed E-state index contributed by atoms with van der Waals surface area (Å²) in [6.45, 7) is 0. The topological polar surface area (TPSA) is 177 Å². The van der Waals surface area contributed by atoms with E-state index in [2.05, 4.69) is 15.1 Å². The number of nitrogens with two attached hydrogens (primary N) is 1. The molecular formula is C17H14N6O5. The third-order valence-corrected chi connectivity index (χ3v) is 3.81. The van der Waals surface area contributed by atoms with Crippen molar-refractivity contribution in [2.75, 3.05) is 0 Å². The van der Waals surface area contributed by atoms with Crippen molar-refractivity contribution in [3.05, 3.63) is 80.3 Å². The number of nitrogens with zero attached hydrogens (tertiary/aromatic N) is 3. The van der Waals surface area contributed by atoms with Crippen molar-refractivity contribution in [2.45, 2.75) is 6.10 Å². The Kier molecular flexibility index (Phi) is 5.09. The van der Waals surface area contributed by atoms with Gasteiger partial charge in [0.05, 0.1) is 16.0 Å². The number of H-pyrrole nitrogens is 1. The number of carbonyl (C=O) groups is 1. The monoisotopic (exact) mass is 382 g/mol. The Morgan fingerprint density at radius 3 is 2.57 bits per heavy atom. The summed E-state index contributed by atoms with van der Waals surface area (Å²) in [6.07, 6.45) is -1.51. The first-order chi connectivity index (χ1) is 13.4. The normalized spacial score (nSPS) is 12.5. The fourth-order valence-electron chi connectivity index (χ4n) is 2.50. The number of benzene rings is 2. The molecule has 0 saturated heterocycles. The molecule has 2 amide bonds. The molecule has 3 aromatic rings. The second-order valence-electron chi connectivity index (χ2n) is 5.66. The van der Waals surface area contributed by atoms with Crippen molar-refractivity contribution in [3.8, 4) is 0 Å².